The zero-order valence-electron chi connectivity index (χ0n) is 12.4. The number of thiophene rings is 1. The van der Waals surface area contributed by atoms with Crippen molar-refractivity contribution in [1.82, 2.24) is 9.88 Å². The molecule has 3 rings (SSSR count). The third-order valence-corrected chi connectivity index (χ3v) is 5.34. The fourth-order valence-corrected chi connectivity index (χ4v) is 3.89. The SMILES string of the molecule is Cc1ccsc1CN(C)C(=O)c1csc(-c2ccccc2)n1. The molecular weight excluding hydrogens is 312 g/mol. The smallest absolute Gasteiger partial charge is 0.273 e. The number of carbonyl (C=O) groups is 1. The largest absolute Gasteiger partial charge is 0.335 e. The van der Waals surface area contributed by atoms with E-state index in [4.69, 9.17) is 0 Å². The van der Waals surface area contributed by atoms with Crippen LogP contribution in [0.3, 0.4) is 0 Å². The zero-order valence-corrected chi connectivity index (χ0v) is 14.1. The van der Waals surface area contributed by atoms with E-state index in [0.29, 0.717) is 12.2 Å². The van der Waals surface area contributed by atoms with Gasteiger partial charge in [-0.25, -0.2) is 4.98 Å². The van der Waals surface area contributed by atoms with Crippen LogP contribution in [-0.4, -0.2) is 22.8 Å². The topological polar surface area (TPSA) is 33.2 Å². The van der Waals surface area contributed by atoms with Crippen molar-refractivity contribution in [2.24, 2.45) is 0 Å². The highest BCUT2D eigenvalue weighted by Gasteiger charge is 2.17. The summed E-state index contributed by atoms with van der Waals surface area (Å²) in [6, 6.07) is 12.0. The van der Waals surface area contributed by atoms with E-state index in [1.54, 1.807) is 16.2 Å². The molecule has 112 valence electrons. The van der Waals surface area contributed by atoms with E-state index in [9.17, 15) is 4.79 Å². The Morgan fingerprint density at radius 3 is 2.64 bits per heavy atom. The molecule has 0 atom stereocenters. The van der Waals surface area contributed by atoms with Gasteiger partial charge in [-0.1, -0.05) is 30.3 Å². The summed E-state index contributed by atoms with van der Waals surface area (Å²) in [5.41, 5.74) is 2.79. The van der Waals surface area contributed by atoms with Crippen molar-refractivity contribution in [3.8, 4) is 10.6 Å². The first-order chi connectivity index (χ1) is 10.6. The molecule has 5 heteroatoms. The molecule has 2 heterocycles. The van der Waals surface area contributed by atoms with E-state index in [-0.39, 0.29) is 5.91 Å². The van der Waals surface area contributed by atoms with Gasteiger partial charge in [0.15, 0.2) is 0 Å². The van der Waals surface area contributed by atoms with Crippen LogP contribution in [0.5, 0.6) is 0 Å². The molecular formula is C17H16N2OS2. The van der Waals surface area contributed by atoms with Crippen LogP contribution in [0.2, 0.25) is 0 Å². The van der Waals surface area contributed by atoms with E-state index < -0.39 is 0 Å². The fraction of sp³-hybridized carbons (Fsp3) is 0.176. The van der Waals surface area contributed by atoms with Crippen LogP contribution in [0.15, 0.2) is 47.2 Å². The molecule has 0 N–H and O–H groups in total. The van der Waals surface area contributed by atoms with Gasteiger partial charge in [0, 0.05) is 22.9 Å². The van der Waals surface area contributed by atoms with Crippen molar-refractivity contribution < 1.29 is 4.79 Å². The van der Waals surface area contributed by atoms with Crippen LogP contribution in [0.25, 0.3) is 10.6 Å². The lowest BCUT2D eigenvalue weighted by molar-refractivity contribution is 0.0781. The van der Waals surface area contributed by atoms with Crippen LogP contribution in [0, 0.1) is 6.92 Å². The van der Waals surface area contributed by atoms with E-state index in [0.717, 1.165) is 10.6 Å². The van der Waals surface area contributed by atoms with Crippen molar-refractivity contribution in [3.05, 3.63) is 63.3 Å². The Morgan fingerprint density at radius 1 is 1.18 bits per heavy atom. The molecule has 0 aliphatic rings. The number of amides is 1. The minimum atomic E-state index is -0.0359. The summed E-state index contributed by atoms with van der Waals surface area (Å²) in [5, 5.41) is 4.77. The summed E-state index contributed by atoms with van der Waals surface area (Å²) in [4.78, 5) is 19.9. The maximum absolute atomic E-state index is 12.5. The fourth-order valence-electron chi connectivity index (χ4n) is 2.13. The minimum Gasteiger partial charge on any atom is -0.335 e. The molecule has 0 radical (unpaired) electrons. The molecule has 1 aromatic carbocycles. The molecule has 1 amide bonds. The summed E-state index contributed by atoms with van der Waals surface area (Å²) in [5.74, 6) is -0.0359. The van der Waals surface area contributed by atoms with Gasteiger partial charge in [0.25, 0.3) is 5.91 Å². The van der Waals surface area contributed by atoms with E-state index in [1.807, 2.05) is 42.8 Å². The van der Waals surface area contributed by atoms with Gasteiger partial charge >= 0.3 is 0 Å². The lowest BCUT2D eigenvalue weighted by atomic mass is 10.2. The first kappa shape index (κ1) is 14.9. The number of carbonyl (C=O) groups excluding carboxylic acids is 1. The number of hydrogen-bond acceptors (Lipinski definition) is 4. The third-order valence-electron chi connectivity index (χ3n) is 3.44. The number of benzene rings is 1. The molecule has 22 heavy (non-hydrogen) atoms. The Hall–Kier alpha value is -1.98. The van der Waals surface area contributed by atoms with E-state index >= 15 is 0 Å². The monoisotopic (exact) mass is 328 g/mol. The molecule has 0 fully saturated rings. The Kier molecular flexibility index (Phi) is 4.36. The van der Waals surface area contributed by atoms with Gasteiger partial charge < -0.3 is 4.90 Å². The first-order valence-corrected chi connectivity index (χ1v) is 8.70. The van der Waals surface area contributed by atoms with E-state index in [2.05, 4.69) is 23.4 Å². The Labute approximate surface area is 137 Å². The quantitative estimate of drug-likeness (QED) is 0.709. The lowest BCUT2D eigenvalue weighted by Gasteiger charge is -2.15. The maximum atomic E-state index is 12.5. The second-order valence-electron chi connectivity index (χ2n) is 5.09. The van der Waals surface area contributed by atoms with Crippen molar-refractivity contribution in [2.75, 3.05) is 7.05 Å². The van der Waals surface area contributed by atoms with Gasteiger partial charge in [-0.2, -0.15) is 0 Å². The molecule has 3 aromatic rings. The van der Waals surface area contributed by atoms with Crippen LogP contribution in [0.4, 0.5) is 0 Å². The number of aryl methyl sites for hydroxylation is 1. The highest BCUT2D eigenvalue weighted by atomic mass is 32.1. The van der Waals surface area contributed by atoms with Gasteiger partial charge in [-0.15, -0.1) is 22.7 Å². The predicted octanol–water partition coefficient (Wildman–Crippen LogP) is 4.45. The average Bonchev–Trinajstić information content (AvgIpc) is 3.17. The van der Waals surface area contributed by atoms with Gasteiger partial charge in [-0.05, 0) is 23.9 Å². The number of aromatic nitrogens is 1. The zero-order chi connectivity index (χ0) is 15.5. The molecule has 0 aliphatic heterocycles. The van der Waals surface area contributed by atoms with Crippen LogP contribution in [0.1, 0.15) is 20.9 Å². The Morgan fingerprint density at radius 2 is 1.95 bits per heavy atom. The summed E-state index contributed by atoms with van der Waals surface area (Å²) < 4.78 is 0. The number of nitrogens with zero attached hydrogens (tertiary/aromatic N) is 2. The van der Waals surface area contributed by atoms with Crippen molar-refractivity contribution in [3.63, 3.8) is 0 Å². The van der Waals surface area contributed by atoms with Crippen LogP contribution in [-0.2, 0) is 6.54 Å². The number of hydrogen-bond donors (Lipinski definition) is 0. The molecule has 0 aliphatic carbocycles. The normalized spacial score (nSPS) is 10.6. The standard InChI is InChI=1S/C17H16N2OS2/c1-12-8-9-21-15(12)10-19(2)17(20)14-11-22-16(18-14)13-6-4-3-5-7-13/h3-9,11H,10H2,1-2H3. The molecule has 2 aromatic heterocycles. The van der Waals surface area contributed by atoms with E-state index in [1.165, 1.54) is 21.8 Å². The summed E-state index contributed by atoms with van der Waals surface area (Å²) in [7, 11) is 1.82. The van der Waals surface area contributed by atoms with Gasteiger partial charge in [-0.3, -0.25) is 4.79 Å². The summed E-state index contributed by atoms with van der Waals surface area (Å²) in [6.07, 6.45) is 0. The Bertz CT molecular complexity index is 777. The number of thiazole rings is 1. The molecule has 0 unspecified atom stereocenters. The molecule has 0 saturated heterocycles. The molecule has 0 bridgehead atoms. The minimum absolute atomic E-state index is 0.0359. The Balaban J connectivity index is 1.75. The van der Waals surface area contributed by atoms with Crippen molar-refractivity contribution in [1.29, 1.82) is 0 Å². The third kappa shape index (κ3) is 3.10. The highest BCUT2D eigenvalue weighted by Crippen LogP contribution is 2.24. The second-order valence-corrected chi connectivity index (χ2v) is 6.95. The van der Waals surface area contributed by atoms with Crippen molar-refractivity contribution >= 4 is 28.6 Å². The first-order valence-electron chi connectivity index (χ1n) is 6.94. The summed E-state index contributed by atoms with van der Waals surface area (Å²) in [6.45, 7) is 2.70. The summed E-state index contributed by atoms with van der Waals surface area (Å²) >= 11 is 3.18. The van der Waals surface area contributed by atoms with Gasteiger partial charge in [0.05, 0.1) is 6.54 Å². The van der Waals surface area contributed by atoms with Crippen molar-refractivity contribution in [2.45, 2.75) is 13.5 Å². The van der Waals surface area contributed by atoms with Crippen LogP contribution < -0.4 is 0 Å². The molecule has 3 nitrogen and oxygen atoms in total. The maximum Gasteiger partial charge on any atom is 0.273 e. The number of rotatable bonds is 4. The van der Waals surface area contributed by atoms with Gasteiger partial charge in [0.1, 0.15) is 10.7 Å². The molecule has 0 spiro atoms. The predicted molar refractivity (Wildman–Crippen MR) is 92.4 cm³/mol. The second kappa shape index (κ2) is 6.42. The average molecular weight is 328 g/mol. The lowest BCUT2D eigenvalue weighted by Crippen LogP contribution is -2.26. The van der Waals surface area contributed by atoms with Crippen LogP contribution >= 0.6 is 22.7 Å². The highest BCUT2D eigenvalue weighted by molar-refractivity contribution is 7.13. The van der Waals surface area contributed by atoms with Gasteiger partial charge in [0.2, 0.25) is 0 Å². The molecule has 0 saturated carbocycles.